The molecule has 1 aliphatic carbocycles. The van der Waals surface area contributed by atoms with Crippen LogP contribution in [0.2, 0.25) is 15.1 Å². The quantitative estimate of drug-likeness (QED) is 0.231. The van der Waals surface area contributed by atoms with Gasteiger partial charge in [0.25, 0.3) is 0 Å². The summed E-state index contributed by atoms with van der Waals surface area (Å²) in [5, 5.41) is 15.7. The average molecular weight is 568 g/mol. The standard InChI is InChI=1S/C25H16Cl5N3O2/c26-15-7-14(8-16(27)9-15)22-23(25(22,29)30)24(35)33-18-5-6-20(28)19(10-18)21(34)12-32-17-3-1-13(11-31)2-4-17/h1-10,22-23,32H,12H2,(H,33,35). The van der Waals surface area contributed by atoms with Crippen LogP contribution in [0.4, 0.5) is 11.4 Å². The summed E-state index contributed by atoms with van der Waals surface area (Å²) in [6.45, 7) is -0.0320. The molecule has 1 aliphatic rings. The number of anilines is 2. The fourth-order valence-electron chi connectivity index (χ4n) is 3.80. The van der Waals surface area contributed by atoms with E-state index in [4.69, 9.17) is 63.3 Å². The van der Waals surface area contributed by atoms with Crippen LogP contribution in [0.25, 0.3) is 0 Å². The third-order valence-electron chi connectivity index (χ3n) is 5.58. The maximum Gasteiger partial charge on any atom is 0.231 e. The van der Waals surface area contributed by atoms with Crippen molar-refractivity contribution in [2.24, 2.45) is 5.92 Å². The number of carbonyl (C=O) groups excluding carboxylic acids is 2. The topological polar surface area (TPSA) is 82.0 Å². The van der Waals surface area contributed by atoms with E-state index in [2.05, 4.69) is 10.6 Å². The van der Waals surface area contributed by atoms with Crippen LogP contribution in [0.1, 0.15) is 27.4 Å². The van der Waals surface area contributed by atoms with Crippen LogP contribution in [0.3, 0.4) is 0 Å². The number of nitriles is 1. The van der Waals surface area contributed by atoms with Gasteiger partial charge in [-0.25, -0.2) is 0 Å². The van der Waals surface area contributed by atoms with Crippen LogP contribution in [0.15, 0.2) is 60.7 Å². The number of halogens is 5. The lowest BCUT2D eigenvalue weighted by molar-refractivity contribution is -0.117. The number of rotatable bonds is 7. The minimum absolute atomic E-state index is 0.0320. The molecule has 0 aliphatic heterocycles. The summed E-state index contributed by atoms with van der Waals surface area (Å²) < 4.78 is -1.33. The van der Waals surface area contributed by atoms with Crippen LogP contribution in [0, 0.1) is 17.2 Å². The lowest BCUT2D eigenvalue weighted by Gasteiger charge is -2.10. The Hall–Kier alpha value is -2.46. The van der Waals surface area contributed by atoms with Crippen molar-refractivity contribution in [1.82, 2.24) is 0 Å². The number of hydrogen-bond acceptors (Lipinski definition) is 4. The Morgan fingerprint density at radius 1 is 0.914 bits per heavy atom. The predicted octanol–water partition coefficient (Wildman–Crippen LogP) is 7.34. The van der Waals surface area contributed by atoms with E-state index in [1.54, 1.807) is 48.5 Å². The highest BCUT2D eigenvalue weighted by atomic mass is 35.5. The van der Waals surface area contributed by atoms with Gasteiger partial charge in [0.2, 0.25) is 5.91 Å². The smallest absolute Gasteiger partial charge is 0.231 e. The average Bonchev–Trinajstić information content (AvgIpc) is 3.40. The Morgan fingerprint density at radius 2 is 1.54 bits per heavy atom. The Bertz CT molecular complexity index is 1330. The van der Waals surface area contributed by atoms with Crippen molar-refractivity contribution in [2.75, 3.05) is 17.2 Å². The van der Waals surface area contributed by atoms with E-state index in [1.165, 1.54) is 12.1 Å². The second kappa shape index (κ2) is 10.3. The number of hydrogen-bond donors (Lipinski definition) is 2. The summed E-state index contributed by atoms with van der Waals surface area (Å²) in [6, 6.07) is 18.3. The van der Waals surface area contributed by atoms with Crippen LogP contribution in [-0.2, 0) is 4.79 Å². The summed E-state index contributed by atoms with van der Waals surface area (Å²) >= 11 is 31.2. The van der Waals surface area contributed by atoms with Gasteiger partial charge in [-0.05, 0) is 66.2 Å². The van der Waals surface area contributed by atoms with Gasteiger partial charge < -0.3 is 10.6 Å². The molecule has 0 bridgehead atoms. The highest BCUT2D eigenvalue weighted by Crippen LogP contribution is 2.65. The molecule has 1 amide bonds. The number of carbonyl (C=O) groups is 2. The number of alkyl halides is 2. The Labute approximate surface area is 226 Å². The molecule has 1 saturated carbocycles. The summed E-state index contributed by atoms with van der Waals surface area (Å²) in [4.78, 5) is 25.7. The zero-order valence-corrected chi connectivity index (χ0v) is 21.6. The predicted molar refractivity (Wildman–Crippen MR) is 141 cm³/mol. The maximum atomic E-state index is 13.0. The molecule has 0 radical (unpaired) electrons. The molecule has 5 nitrogen and oxygen atoms in total. The zero-order chi connectivity index (χ0) is 25.3. The SMILES string of the molecule is N#Cc1ccc(NCC(=O)c2cc(NC(=O)C3C(c4cc(Cl)cc(Cl)c4)C3(Cl)Cl)ccc2Cl)cc1. The summed E-state index contributed by atoms with van der Waals surface area (Å²) in [5.74, 6) is -1.93. The van der Waals surface area contributed by atoms with E-state index in [1.807, 2.05) is 6.07 Å². The molecular formula is C25H16Cl5N3O2. The molecule has 4 rings (SSSR count). The molecule has 2 atom stereocenters. The fourth-order valence-corrected chi connectivity index (χ4v) is 5.39. The number of nitrogens with one attached hydrogen (secondary N) is 2. The zero-order valence-electron chi connectivity index (χ0n) is 17.8. The van der Waals surface area contributed by atoms with Gasteiger partial charge in [0.1, 0.15) is 4.33 Å². The minimum Gasteiger partial charge on any atom is -0.378 e. The minimum atomic E-state index is -1.33. The van der Waals surface area contributed by atoms with Crippen molar-refractivity contribution in [3.63, 3.8) is 0 Å². The van der Waals surface area contributed by atoms with Gasteiger partial charge >= 0.3 is 0 Å². The van der Waals surface area contributed by atoms with E-state index in [9.17, 15) is 9.59 Å². The molecule has 35 heavy (non-hydrogen) atoms. The third-order valence-corrected chi connectivity index (χ3v) is 7.29. The van der Waals surface area contributed by atoms with E-state index in [0.717, 1.165) is 0 Å². The van der Waals surface area contributed by atoms with Crippen molar-refractivity contribution in [3.05, 3.63) is 92.4 Å². The lowest BCUT2D eigenvalue weighted by atomic mass is 10.1. The highest BCUT2D eigenvalue weighted by Gasteiger charge is 2.67. The first-order chi connectivity index (χ1) is 16.6. The molecule has 10 heteroatoms. The number of nitrogens with zero attached hydrogens (tertiary/aromatic N) is 1. The molecular weight excluding hydrogens is 552 g/mol. The molecule has 1 fully saturated rings. The largest absolute Gasteiger partial charge is 0.378 e. The molecule has 0 saturated heterocycles. The third kappa shape index (κ3) is 5.69. The Balaban J connectivity index is 1.45. The van der Waals surface area contributed by atoms with Gasteiger partial charge in [-0.1, -0.05) is 34.8 Å². The molecule has 3 aromatic carbocycles. The Morgan fingerprint density at radius 3 is 2.17 bits per heavy atom. The number of amides is 1. The van der Waals surface area contributed by atoms with Gasteiger partial charge in [0, 0.05) is 32.9 Å². The maximum absolute atomic E-state index is 13.0. The van der Waals surface area contributed by atoms with Crippen molar-refractivity contribution >= 4 is 81.1 Å². The van der Waals surface area contributed by atoms with Gasteiger partial charge in [-0.3, -0.25) is 9.59 Å². The monoisotopic (exact) mass is 565 g/mol. The molecule has 0 aromatic heterocycles. The van der Waals surface area contributed by atoms with Crippen LogP contribution in [0.5, 0.6) is 0 Å². The normalized spacial score (nSPS) is 17.8. The van der Waals surface area contributed by atoms with Gasteiger partial charge in [0.15, 0.2) is 5.78 Å². The van der Waals surface area contributed by atoms with Crippen LogP contribution < -0.4 is 10.6 Å². The molecule has 3 aromatic rings. The number of benzene rings is 3. The lowest BCUT2D eigenvalue weighted by Crippen LogP contribution is -2.18. The summed E-state index contributed by atoms with van der Waals surface area (Å²) in [6.07, 6.45) is 0. The molecule has 178 valence electrons. The molecule has 2 N–H and O–H groups in total. The van der Waals surface area contributed by atoms with Crippen LogP contribution >= 0.6 is 58.0 Å². The second-order valence-corrected chi connectivity index (χ2v) is 10.7. The van der Waals surface area contributed by atoms with E-state index in [0.29, 0.717) is 32.5 Å². The van der Waals surface area contributed by atoms with Crippen LogP contribution in [-0.4, -0.2) is 22.6 Å². The van der Waals surface area contributed by atoms with Crippen molar-refractivity contribution in [3.8, 4) is 6.07 Å². The van der Waals surface area contributed by atoms with E-state index < -0.39 is 22.1 Å². The van der Waals surface area contributed by atoms with E-state index in [-0.39, 0.29) is 22.9 Å². The first-order valence-electron chi connectivity index (χ1n) is 10.3. The first kappa shape index (κ1) is 25.6. The van der Waals surface area contributed by atoms with Gasteiger partial charge in [0.05, 0.1) is 29.1 Å². The Kier molecular flexibility index (Phi) is 7.51. The van der Waals surface area contributed by atoms with Crippen molar-refractivity contribution in [1.29, 1.82) is 5.26 Å². The first-order valence-corrected chi connectivity index (χ1v) is 12.2. The molecule has 0 heterocycles. The van der Waals surface area contributed by atoms with Crippen molar-refractivity contribution < 1.29 is 9.59 Å². The second-order valence-electron chi connectivity index (χ2n) is 7.98. The van der Waals surface area contributed by atoms with E-state index >= 15 is 0 Å². The summed E-state index contributed by atoms with van der Waals surface area (Å²) in [7, 11) is 0. The molecule has 0 spiro atoms. The van der Waals surface area contributed by atoms with Gasteiger partial charge in [-0.2, -0.15) is 5.26 Å². The highest BCUT2D eigenvalue weighted by molar-refractivity contribution is 6.53. The fraction of sp³-hybridized carbons (Fsp3) is 0.160. The number of ketones is 1. The number of Topliss-reactive ketones (excluding diaryl/α,β-unsaturated/α-hetero) is 1. The van der Waals surface area contributed by atoms with Gasteiger partial charge in [-0.15, -0.1) is 23.2 Å². The summed E-state index contributed by atoms with van der Waals surface area (Å²) in [5.41, 5.74) is 2.47. The van der Waals surface area contributed by atoms with Crippen molar-refractivity contribution in [2.45, 2.75) is 10.3 Å². The molecule has 2 unspecified atom stereocenters.